The van der Waals surface area contributed by atoms with Crippen LogP contribution in [0.15, 0.2) is 29.7 Å². The van der Waals surface area contributed by atoms with Crippen LogP contribution in [0.3, 0.4) is 0 Å². The summed E-state index contributed by atoms with van der Waals surface area (Å²) in [4.78, 5) is 3.93. The third-order valence-electron chi connectivity index (χ3n) is 3.50. The van der Waals surface area contributed by atoms with Gasteiger partial charge in [0.25, 0.3) is 10.0 Å². The molecule has 0 bridgehead atoms. The molecular formula is C13H13Cl2N3O2S. The van der Waals surface area contributed by atoms with E-state index in [0.717, 1.165) is 11.1 Å². The van der Waals surface area contributed by atoms with Crippen molar-refractivity contribution in [2.24, 2.45) is 7.05 Å². The number of fused-ring (bicyclic) bond motifs is 1. The molecule has 2 heterocycles. The highest BCUT2D eigenvalue weighted by Crippen LogP contribution is 2.31. The molecule has 1 aliphatic heterocycles. The molecule has 0 aliphatic carbocycles. The number of aryl methyl sites for hydroxylation is 1. The molecule has 2 aromatic rings. The van der Waals surface area contributed by atoms with E-state index in [4.69, 9.17) is 23.2 Å². The van der Waals surface area contributed by atoms with Crippen LogP contribution in [0.25, 0.3) is 0 Å². The number of nitrogens with zero attached hydrogens (tertiary/aromatic N) is 3. The van der Waals surface area contributed by atoms with Crippen LogP contribution in [-0.2, 0) is 30.0 Å². The molecular weight excluding hydrogens is 333 g/mol. The first-order chi connectivity index (χ1) is 9.88. The third-order valence-corrected chi connectivity index (χ3v) is 5.78. The molecule has 0 fully saturated rings. The zero-order valence-electron chi connectivity index (χ0n) is 11.3. The fraction of sp³-hybridized carbons (Fsp3) is 0.308. The molecule has 0 spiro atoms. The average Bonchev–Trinajstić information content (AvgIpc) is 2.85. The lowest BCUT2D eigenvalue weighted by atomic mass is 10.0. The van der Waals surface area contributed by atoms with Gasteiger partial charge in [0.2, 0.25) is 0 Å². The van der Waals surface area contributed by atoms with Crippen molar-refractivity contribution >= 4 is 33.2 Å². The van der Waals surface area contributed by atoms with Gasteiger partial charge in [0.05, 0.1) is 6.33 Å². The molecule has 0 saturated carbocycles. The molecule has 0 atom stereocenters. The molecule has 5 nitrogen and oxygen atoms in total. The zero-order chi connectivity index (χ0) is 15.2. The van der Waals surface area contributed by atoms with E-state index >= 15 is 0 Å². The summed E-state index contributed by atoms with van der Waals surface area (Å²) < 4.78 is 28.1. The minimum atomic E-state index is -3.59. The van der Waals surface area contributed by atoms with Crippen molar-refractivity contribution in [2.45, 2.75) is 18.0 Å². The number of imidazole rings is 1. The molecule has 21 heavy (non-hydrogen) atoms. The second kappa shape index (κ2) is 5.28. The summed E-state index contributed by atoms with van der Waals surface area (Å²) in [7, 11) is -1.86. The first-order valence-corrected chi connectivity index (χ1v) is 8.52. The van der Waals surface area contributed by atoms with Gasteiger partial charge in [-0.15, -0.1) is 0 Å². The van der Waals surface area contributed by atoms with Crippen molar-refractivity contribution in [3.63, 3.8) is 0 Å². The van der Waals surface area contributed by atoms with Gasteiger partial charge in [-0.05, 0) is 29.7 Å². The van der Waals surface area contributed by atoms with E-state index in [0.29, 0.717) is 23.0 Å². The highest BCUT2D eigenvalue weighted by molar-refractivity contribution is 7.89. The topological polar surface area (TPSA) is 55.2 Å². The number of halogens is 2. The summed E-state index contributed by atoms with van der Waals surface area (Å²) in [6.45, 7) is 0.641. The maximum absolute atomic E-state index is 12.6. The van der Waals surface area contributed by atoms with Crippen LogP contribution >= 0.6 is 23.2 Å². The van der Waals surface area contributed by atoms with E-state index in [9.17, 15) is 8.42 Å². The van der Waals surface area contributed by atoms with Gasteiger partial charge in [-0.1, -0.05) is 23.2 Å². The second-order valence-corrected chi connectivity index (χ2v) is 7.72. The summed E-state index contributed by atoms with van der Waals surface area (Å²) in [5.74, 6) is 0. The summed E-state index contributed by atoms with van der Waals surface area (Å²) in [6, 6.07) is 3.45. The van der Waals surface area contributed by atoms with Gasteiger partial charge in [0.1, 0.15) is 0 Å². The quantitative estimate of drug-likeness (QED) is 0.840. The van der Waals surface area contributed by atoms with E-state index in [-0.39, 0.29) is 11.6 Å². The lowest BCUT2D eigenvalue weighted by molar-refractivity contribution is 0.390. The third kappa shape index (κ3) is 2.68. The predicted octanol–water partition coefficient (Wildman–Crippen LogP) is 2.47. The maximum atomic E-state index is 12.6. The number of benzene rings is 1. The Morgan fingerprint density at radius 3 is 2.71 bits per heavy atom. The Morgan fingerprint density at radius 2 is 2.05 bits per heavy atom. The lowest BCUT2D eigenvalue weighted by Crippen LogP contribution is -2.36. The normalized spacial score (nSPS) is 16.0. The number of hydrogen-bond donors (Lipinski definition) is 0. The van der Waals surface area contributed by atoms with Crippen LogP contribution in [0.2, 0.25) is 10.0 Å². The number of sulfonamides is 1. The Bertz CT molecular complexity index is 802. The van der Waals surface area contributed by atoms with Crippen molar-refractivity contribution < 1.29 is 8.42 Å². The van der Waals surface area contributed by atoms with Crippen LogP contribution in [0.1, 0.15) is 11.1 Å². The fourth-order valence-electron chi connectivity index (χ4n) is 2.44. The largest absolute Gasteiger partial charge is 0.339 e. The fourth-order valence-corrected chi connectivity index (χ4v) is 4.46. The Balaban J connectivity index is 1.96. The Hall–Kier alpha value is -1.08. The number of aromatic nitrogens is 2. The van der Waals surface area contributed by atoms with Gasteiger partial charge in [-0.3, -0.25) is 0 Å². The molecule has 1 aromatic heterocycles. The van der Waals surface area contributed by atoms with Crippen LogP contribution in [-0.4, -0.2) is 28.8 Å². The molecule has 1 aliphatic rings. The van der Waals surface area contributed by atoms with Crippen LogP contribution in [0.5, 0.6) is 0 Å². The van der Waals surface area contributed by atoms with Gasteiger partial charge in [0.15, 0.2) is 5.03 Å². The van der Waals surface area contributed by atoms with E-state index in [1.54, 1.807) is 23.7 Å². The highest BCUT2D eigenvalue weighted by Gasteiger charge is 2.30. The van der Waals surface area contributed by atoms with Gasteiger partial charge in [-0.25, -0.2) is 13.4 Å². The minimum absolute atomic E-state index is 0.0570. The van der Waals surface area contributed by atoms with Gasteiger partial charge < -0.3 is 4.57 Å². The summed E-state index contributed by atoms with van der Waals surface area (Å²) in [6.07, 6.45) is 3.53. The van der Waals surface area contributed by atoms with E-state index < -0.39 is 10.0 Å². The van der Waals surface area contributed by atoms with Crippen molar-refractivity contribution in [2.75, 3.05) is 6.54 Å². The first kappa shape index (κ1) is 14.8. The molecule has 0 radical (unpaired) electrons. The predicted molar refractivity (Wildman–Crippen MR) is 81.0 cm³/mol. The van der Waals surface area contributed by atoms with Gasteiger partial charge >= 0.3 is 0 Å². The Morgan fingerprint density at radius 1 is 1.29 bits per heavy atom. The van der Waals surface area contributed by atoms with Crippen molar-refractivity contribution in [3.05, 3.63) is 45.8 Å². The van der Waals surface area contributed by atoms with Crippen molar-refractivity contribution in [1.82, 2.24) is 13.9 Å². The highest BCUT2D eigenvalue weighted by atomic mass is 35.5. The van der Waals surface area contributed by atoms with E-state index in [1.807, 2.05) is 0 Å². The molecule has 0 amide bonds. The lowest BCUT2D eigenvalue weighted by Gasteiger charge is -2.28. The van der Waals surface area contributed by atoms with Crippen LogP contribution in [0.4, 0.5) is 0 Å². The van der Waals surface area contributed by atoms with Crippen LogP contribution in [0, 0.1) is 0 Å². The Labute approximate surface area is 133 Å². The number of rotatable bonds is 2. The first-order valence-electron chi connectivity index (χ1n) is 6.33. The minimum Gasteiger partial charge on any atom is -0.339 e. The average molecular weight is 346 g/mol. The van der Waals surface area contributed by atoms with Gasteiger partial charge in [0, 0.05) is 36.4 Å². The van der Waals surface area contributed by atoms with Gasteiger partial charge in [-0.2, -0.15) is 4.31 Å². The standard InChI is InChI=1S/C13H13Cl2N3O2S/c1-17-7-13(16-8-17)21(19,20)18-3-2-11-9(6-18)4-10(14)5-12(11)15/h4-5,7-8H,2-3,6H2,1H3. The molecule has 1 aromatic carbocycles. The van der Waals surface area contributed by atoms with E-state index in [1.165, 1.54) is 16.8 Å². The molecule has 0 N–H and O–H groups in total. The second-order valence-electron chi connectivity index (χ2n) is 4.99. The van der Waals surface area contributed by atoms with Crippen LogP contribution < -0.4 is 0 Å². The zero-order valence-corrected chi connectivity index (χ0v) is 13.6. The molecule has 3 rings (SSSR count). The molecule has 0 saturated heterocycles. The summed E-state index contributed by atoms with van der Waals surface area (Å²) in [5, 5.41) is 1.16. The van der Waals surface area contributed by atoms with Crippen molar-refractivity contribution in [1.29, 1.82) is 0 Å². The summed E-state index contributed by atoms with van der Waals surface area (Å²) >= 11 is 12.2. The SMILES string of the molecule is Cn1cnc(S(=O)(=O)N2CCc3c(Cl)cc(Cl)cc3C2)c1. The molecule has 112 valence electrons. The smallest absolute Gasteiger partial charge is 0.262 e. The van der Waals surface area contributed by atoms with Crippen molar-refractivity contribution in [3.8, 4) is 0 Å². The summed E-state index contributed by atoms with van der Waals surface area (Å²) in [5.41, 5.74) is 1.81. The monoisotopic (exact) mass is 345 g/mol. The molecule has 0 unspecified atom stereocenters. The van der Waals surface area contributed by atoms with E-state index in [2.05, 4.69) is 4.98 Å². The number of hydrogen-bond acceptors (Lipinski definition) is 3. The molecule has 8 heteroatoms. The maximum Gasteiger partial charge on any atom is 0.262 e. The Kier molecular flexibility index (Phi) is 3.73.